The van der Waals surface area contributed by atoms with E-state index in [0.29, 0.717) is 21.9 Å². The topological polar surface area (TPSA) is 152 Å². The zero-order valence-electron chi connectivity index (χ0n) is 28.8. The molecule has 2 aliphatic heterocycles. The molecule has 2 amide bonds. The van der Waals surface area contributed by atoms with E-state index in [1.54, 1.807) is 13.8 Å². The van der Waals surface area contributed by atoms with Gasteiger partial charge in [-0.15, -0.1) is 0 Å². The predicted molar refractivity (Wildman–Crippen MR) is 180 cm³/mol. The van der Waals surface area contributed by atoms with Gasteiger partial charge in [-0.25, -0.2) is 9.97 Å². The minimum absolute atomic E-state index is 0.162. The summed E-state index contributed by atoms with van der Waals surface area (Å²) in [6.45, 7) is 7.08. The lowest BCUT2D eigenvalue weighted by molar-refractivity contribution is -0.142. The number of aromatic nitrogens is 8. The first-order valence-corrected chi connectivity index (χ1v) is 18.1. The smallest absolute Gasteiger partial charge is 0.342 e. The molecular formula is C30H38F6N12O2S2. The van der Waals surface area contributed by atoms with E-state index >= 15 is 0 Å². The fraction of sp³-hybridized carbons (Fsp3) is 0.600. The molecule has 0 spiro atoms. The Labute approximate surface area is 302 Å². The van der Waals surface area contributed by atoms with Gasteiger partial charge in [-0.1, -0.05) is 0 Å². The van der Waals surface area contributed by atoms with Gasteiger partial charge in [0.25, 0.3) is 11.8 Å². The molecule has 2 saturated heterocycles. The molecule has 6 rings (SSSR count). The number of aryl methyl sites for hydroxylation is 2. The lowest BCUT2D eigenvalue weighted by Crippen LogP contribution is -2.30. The summed E-state index contributed by atoms with van der Waals surface area (Å²) < 4.78 is 86.8. The van der Waals surface area contributed by atoms with E-state index in [-0.39, 0.29) is 11.4 Å². The highest BCUT2D eigenvalue weighted by Gasteiger charge is 2.37. The van der Waals surface area contributed by atoms with Crippen molar-refractivity contribution in [3.63, 3.8) is 0 Å². The van der Waals surface area contributed by atoms with Crippen LogP contribution < -0.4 is 20.4 Å². The summed E-state index contributed by atoms with van der Waals surface area (Å²) in [6, 6.07) is 0.536. The van der Waals surface area contributed by atoms with Crippen molar-refractivity contribution < 1.29 is 35.9 Å². The molecule has 4 aromatic heterocycles. The predicted octanol–water partition coefficient (Wildman–Crippen LogP) is 5.54. The molecule has 0 radical (unpaired) electrons. The van der Waals surface area contributed by atoms with Crippen molar-refractivity contribution in [3.8, 4) is 0 Å². The van der Waals surface area contributed by atoms with Crippen molar-refractivity contribution in [2.75, 3.05) is 36.0 Å². The quantitative estimate of drug-likeness (QED) is 0.218. The number of hydrogen-bond acceptors (Lipinski definition) is 12. The van der Waals surface area contributed by atoms with Gasteiger partial charge < -0.3 is 20.4 Å². The van der Waals surface area contributed by atoms with Crippen molar-refractivity contribution in [1.29, 1.82) is 0 Å². The molecule has 0 aliphatic carbocycles. The third-order valence-corrected chi connectivity index (χ3v) is 10.2. The number of carbonyl (C=O) groups excluding carboxylic acids is 2. The summed E-state index contributed by atoms with van der Waals surface area (Å²) in [5, 5.41) is 13.2. The van der Waals surface area contributed by atoms with E-state index in [9.17, 15) is 35.9 Å². The van der Waals surface area contributed by atoms with Gasteiger partial charge in [-0.3, -0.25) is 19.0 Å². The summed E-state index contributed by atoms with van der Waals surface area (Å²) in [7, 11) is 2.60. The zero-order chi connectivity index (χ0) is 37.8. The number of piperidine rings is 2. The van der Waals surface area contributed by atoms with Crippen molar-refractivity contribution >= 4 is 46.8 Å². The molecule has 2 fully saturated rings. The molecule has 2 unspecified atom stereocenters. The van der Waals surface area contributed by atoms with Crippen LogP contribution in [0.5, 0.6) is 0 Å². The number of halogens is 6. The van der Waals surface area contributed by atoms with Crippen LogP contribution in [0, 0.1) is 0 Å². The average molecular weight is 777 g/mol. The Bertz CT molecular complexity index is 1690. The summed E-state index contributed by atoms with van der Waals surface area (Å²) in [6.07, 6.45) is -2.39. The molecule has 2 N–H and O–H groups in total. The maximum Gasteiger partial charge on any atom is 0.435 e. The SMILES string of the molecule is CC(NC(=O)c1cc(C(F)(F)F)nn1C)c1nc(N2CCCCC2)ns1.CC(NC(=O)c1cc(C(F)(F)F)nn1C)c1nc(N2CCCCC2)ns1. The van der Waals surface area contributed by atoms with Crippen LogP contribution in [0.1, 0.15) is 107 Å². The number of hydrogen-bond donors (Lipinski definition) is 2. The molecule has 0 bridgehead atoms. The Balaban J connectivity index is 0.000000201. The minimum Gasteiger partial charge on any atom is -0.342 e. The van der Waals surface area contributed by atoms with Gasteiger partial charge in [0.2, 0.25) is 11.9 Å². The molecule has 22 heteroatoms. The summed E-state index contributed by atoms with van der Waals surface area (Å²) in [4.78, 5) is 37.7. The summed E-state index contributed by atoms with van der Waals surface area (Å²) in [5.74, 6) is 0.00632. The first-order valence-electron chi connectivity index (χ1n) is 16.5. The first kappa shape index (κ1) is 38.9. The minimum atomic E-state index is -4.59. The fourth-order valence-electron chi connectivity index (χ4n) is 5.55. The van der Waals surface area contributed by atoms with Crippen molar-refractivity contribution in [3.05, 3.63) is 44.9 Å². The molecule has 0 saturated carbocycles. The lowest BCUT2D eigenvalue weighted by Gasteiger charge is -2.25. The van der Waals surface area contributed by atoms with E-state index < -0.39 is 47.6 Å². The largest absolute Gasteiger partial charge is 0.435 e. The van der Waals surface area contributed by atoms with Crippen LogP contribution in [0.4, 0.5) is 38.2 Å². The number of rotatable bonds is 8. The van der Waals surface area contributed by atoms with E-state index in [0.717, 1.165) is 73.4 Å². The van der Waals surface area contributed by atoms with Gasteiger partial charge in [-0.2, -0.15) is 45.3 Å². The molecule has 284 valence electrons. The second-order valence-corrected chi connectivity index (χ2v) is 14.0. The standard InChI is InChI=1S/2C15H19F3N6OS/c2*1-9(13-20-14(22-26-13)24-6-4-3-5-7-24)19-12(25)10-8-11(15(16,17)18)21-23(10)2/h2*8-9H,3-7H2,1-2H3,(H,19,25). The molecule has 2 aliphatic rings. The number of amides is 2. The highest BCUT2D eigenvalue weighted by molar-refractivity contribution is 7.06. The molecule has 4 aromatic rings. The maximum absolute atomic E-state index is 12.7. The van der Waals surface area contributed by atoms with Gasteiger partial charge in [-0.05, 0) is 75.4 Å². The van der Waals surface area contributed by atoms with Gasteiger partial charge in [0.05, 0.1) is 12.1 Å². The van der Waals surface area contributed by atoms with Crippen molar-refractivity contribution in [2.45, 2.75) is 76.8 Å². The number of carbonyl (C=O) groups is 2. The van der Waals surface area contributed by atoms with E-state index in [1.807, 2.05) is 0 Å². The maximum atomic E-state index is 12.7. The molecule has 2 atom stereocenters. The van der Waals surface area contributed by atoms with Crippen LogP contribution in [-0.2, 0) is 26.4 Å². The van der Waals surface area contributed by atoms with E-state index in [4.69, 9.17) is 0 Å². The van der Waals surface area contributed by atoms with Crippen LogP contribution in [0.2, 0.25) is 0 Å². The Morgan fingerprint density at radius 1 is 0.654 bits per heavy atom. The molecule has 0 aromatic carbocycles. The lowest BCUT2D eigenvalue weighted by atomic mass is 10.1. The van der Waals surface area contributed by atoms with Crippen LogP contribution in [0.15, 0.2) is 12.1 Å². The normalized spacial score (nSPS) is 16.6. The number of nitrogens with zero attached hydrogens (tertiary/aromatic N) is 10. The zero-order valence-corrected chi connectivity index (χ0v) is 30.4. The van der Waals surface area contributed by atoms with Crippen molar-refractivity contribution in [1.82, 2.24) is 48.9 Å². The average Bonchev–Trinajstić information content (AvgIpc) is 3.91. The number of nitrogens with one attached hydrogen (secondary N) is 2. The fourth-order valence-corrected chi connectivity index (χ4v) is 6.89. The van der Waals surface area contributed by atoms with E-state index in [2.05, 4.69) is 49.3 Å². The third kappa shape index (κ3) is 9.55. The monoisotopic (exact) mass is 776 g/mol. The summed E-state index contributed by atoms with van der Waals surface area (Å²) >= 11 is 2.36. The molecule has 52 heavy (non-hydrogen) atoms. The second-order valence-electron chi connectivity index (χ2n) is 12.4. The number of alkyl halides is 6. The highest BCUT2D eigenvalue weighted by Crippen LogP contribution is 2.30. The Kier molecular flexibility index (Phi) is 12.1. The Morgan fingerprint density at radius 3 is 1.31 bits per heavy atom. The van der Waals surface area contributed by atoms with Gasteiger partial charge >= 0.3 is 12.4 Å². The van der Waals surface area contributed by atoms with Gasteiger partial charge in [0.15, 0.2) is 11.4 Å². The van der Waals surface area contributed by atoms with Crippen molar-refractivity contribution in [2.24, 2.45) is 14.1 Å². The number of anilines is 2. The summed E-state index contributed by atoms with van der Waals surface area (Å²) in [5.41, 5.74) is -2.52. The molecular weight excluding hydrogens is 739 g/mol. The molecule has 6 heterocycles. The van der Waals surface area contributed by atoms with Crippen LogP contribution in [0.25, 0.3) is 0 Å². The molecule has 14 nitrogen and oxygen atoms in total. The van der Waals surface area contributed by atoms with Crippen LogP contribution in [0.3, 0.4) is 0 Å². The first-order chi connectivity index (χ1) is 24.5. The van der Waals surface area contributed by atoms with Gasteiger partial charge in [0.1, 0.15) is 21.4 Å². The Hall–Kier alpha value is -4.34. The third-order valence-electron chi connectivity index (χ3n) is 8.38. The van der Waals surface area contributed by atoms with Crippen LogP contribution >= 0.6 is 23.1 Å². The highest BCUT2D eigenvalue weighted by atomic mass is 32.1. The Morgan fingerprint density at radius 2 is 1.00 bits per heavy atom. The van der Waals surface area contributed by atoms with Crippen LogP contribution in [-0.4, -0.2) is 76.3 Å². The second kappa shape index (κ2) is 16.1. The van der Waals surface area contributed by atoms with Gasteiger partial charge in [0, 0.05) is 52.4 Å². The van der Waals surface area contributed by atoms with E-state index in [1.165, 1.54) is 50.0 Å².